The van der Waals surface area contributed by atoms with Crippen molar-refractivity contribution < 1.29 is 4.79 Å². The fourth-order valence-corrected chi connectivity index (χ4v) is 2.46. The molecule has 98 valence electrons. The zero-order chi connectivity index (χ0) is 13.1. The highest BCUT2D eigenvalue weighted by Gasteiger charge is 2.28. The number of likely N-dealkylation sites (N-methyl/N-ethyl adjacent to an activating group) is 1. The predicted molar refractivity (Wildman–Crippen MR) is 73.7 cm³/mol. The van der Waals surface area contributed by atoms with E-state index in [2.05, 4.69) is 18.9 Å². The summed E-state index contributed by atoms with van der Waals surface area (Å²) in [7, 11) is 2.09. The normalized spacial score (nSPS) is 22.8. The Hall–Kier alpha value is -1.06. The van der Waals surface area contributed by atoms with Gasteiger partial charge in [-0.1, -0.05) is 30.3 Å². The van der Waals surface area contributed by atoms with Crippen LogP contribution >= 0.6 is 11.6 Å². The first kappa shape index (κ1) is 13.4. The van der Waals surface area contributed by atoms with Gasteiger partial charge in [-0.05, 0) is 19.5 Å². The molecule has 0 bridgehead atoms. The van der Waals surface area contributed by atoms with E-state index in [-0.39, 0.29) is 5.91 Å². The molecule has 1 aromatic carbocycles. The van der Waals surface area contributed by atoms with Gasteiger partial charge in [-0.25, -0.2) is 0 Å². The molecule has 0 aliphatic carbocycles. The highest BCUT2D eigenvalue weighted by Crippen LogP contribution is 2.23. The number of nitrogens with zero attached hydrogens (tertiary/aromatic N) is 2. The van der Waals surface area contributed by atoms with E-state index in [1.165, 1.54) is 0 Å². The Kier molecular flexibility index (Phi) is 4.25. The Balaban J connectivity index is 2.03. The van der Waals surface area contributed by atoms with Crippen molar-refractivity contribution in [3.8, 4) is 0 Å². The van der Waals surface area contributed by atoms with Gasteiger partial charge in [0.05, 0.1) is 0 Å². The summed E-state index contributed by atoms with van der Waals surface area (Å²) in [5, 5.41) is -0.568. The second-order valence-electron chi connectivity index (χ2n) is 4.89. The van der Waals surface area contributed by atoms with Crippen molar-refractivity contribution in [2.75, 3.05) is 26.7 Å². The summed E-state index contributed by atoms with van der Waals surface area (Å²) in [4.78, 5) is 16.5. The largest absolute Gasteiger partial charge is 0.338 e. The summed E-state index contributed by atoms with van der Waals surface area (Å²) in [6.45, 7) is 4.55. The van der Waals surface area contributed by atoms with Crippen LogP contribution in [0.2, 0.25) is 0 Å². The maximum Gasteiger partial charge on any atom is 0.245 e. The zero-order valence-electron chi connectivity index (χ0n) is 10.8. The fraction of sp³-hybridized carbons (Fsp3) is 0.500. The van der Waals surface area contributed by atoms with Gasteiger partial charge >= 0.3 is 0 Å². The van der Waals surface area contributed by atoms with E-state index in [4.69, 9.17) is 11.6 Å². The molecule has 18 heavy (non-hydrogen) atoms. The minimum atomic E-state index is -0.568. The topological polar surface area (TPSA) is 23.6 Å². The number of carbonyl (C=O) groups excluding carboxylic acids is 1. The molecule has 1 aromatic rings. The van der Waals surface area contributed by atoms with Crippen LogP contribution in [0.15, 0.2) is 30.3 Å². The van der Waals surface area contributed by atoms with Crippen LogP contribution in [-0.2, 0) is 4.79 Å². The molecule has 1 fully saturated rings. The molecule has 0 aromatic heterocycles. The number of benzene rings is 1. The summed E-state index contributed by atoms with van der Waals surface area (Å²) >= 11 is 6.27. The first-order valence-electron chi connectivity index (χ1n) is 6.27. The van der Waals surface area contributed by atoms with Gasteiger partial charge in [-0.2, -0.15) is 0 Å². The van der Waals surface area contributed by atoms with Crippen LogP contribution in [0.25, 0.3) is 0 Å². The Morgan fingerprint density at radius 1 is 1.33 bits per heavy atom. The van der Waals surface area contributed by atoms with E-state index in [1.807, 2.05) is 35.2 Å². The second kappa shape index (κ2) is 5.72. The molecular formula is C14H19ClN2O. The van der Waals surface area contributed by atoms with Crippen LogP contribution < -0.4 is 0 Å². The Bertz CT molecular complexity index is 410. The third-order valence-corrected chi connectivity index (χ3v) is 4.02. The van der Waals surface area contributed by atoms with Crippen LogP contribution in [0.4, 0.5) is 0 Å². The number of alkyl halides is 1. The third kappa shape index (κ3) is 2.85. The van der Waals surface area contributed by atoms with E-state index in [0.29, 0.717) is 6.04 Å². The Morgan fingerprint density at radius 2 is 2.00 bits per heavy atom. The van der Waals surface area contributed by atoms with Crippen molar-refractivity contribution in [2.24, 2.45) is 0 Å². The average molecular weight is 267 g/mol. The van der Waals surface area contributed by atoms with Crippen molar-refractivity contribution in [2.45, 2.75) is 18.3 Å². The van der Waals surface area contributed by atoms with Gasteiger partial charge < -0.3 is 9.80 Å². The molecule has 2 unspecified atom stereocenters. The molecule has 3 nitrogen and oxygen atoms in total. The molecule has 2 atom stereocenters. The quantitative estimate of drug-likeness (QED) is 0.766. The zero-order valence-corrected chi connectivity index (χ0v) is 11.6. The number of piperazine rings is 1. The molecule has 4 heteroatoms. The number of carbonyl (C=O) groups is 1. The molecule has 0 saturated carbocycles. The van der Waals surface area contributed by atoms with E-state index >= 15 is 0 Å². The van der Waals surface area contributed by atoms with E-state index in [0.717, 1.165) is 25.2 Å². The molecule has 0 spiro atoms. The molecule has 1 heterocycles. The first-order valence-corrected chi connectivity index (χ1v) is 6.71. The van der Waals surface area contributed by atoms with Crippen molar-refractivity contribution in [1.82, 2.24) is 9.80 Å². The SMILES string of the molecule is CC1CN(C(=O)C(Cl)c2ccccc2)CCN1C. The fourth-order valence-electron chi connectivity index (χ4n) is 2.17. The second-order valence-corrected chi connectivity index (χ2v) is 5.32. The van der Waals surface area contributed by atoms with Crippen LogP contribution in [0.5, 0.6) is 0 Å². The van der Waals surface area contributed by atoms with Crippen molar-refractivity contribution in [3.63, 3.8) is 0 Å². The molecular weight excluding hydrogens is 248 g/mol. The molecule has 0 N–H and O–H groups in total. The summed E-state index contributed by atoms with van der Waals surface area (Å²) in [5.41, 5.74) is 0.871. The first-order chi connectivity index (χ1) is 8.59. The van der Waals surface area contributed by atoms with E-state index < -0.39 is 5.38 Å². The van der Waals surface area contributed by atoms with Crippen LogP contribution in [0.1, 0.15) is 17.9 Å². The van der Waals surface area contributed by atoms with Gasteiger partial charge in [0.2, 0.25) is 5.91 Å². The van der Waals surface area contributed by atoms with Crippen LogP contribution in [0.3, 0.4) is 0 Å². The lowest BCUT2D eigenvalue weighted by Crippen LogP contribution is -2.52. The van der Waals surface area contributed by atoms with Gasteiger partial charge in [0.15, 0.2) is 0 Å². The van der Waals surface area contributed by atoms with Crippen LogP contribution in [0, 0.1) is 0 Å². The standard InChI is InChI=1S/C14H19ClN2O/c1-11-10-17(9-8-16(11)2)14(18)13(15)12-6-4-3-5-7-12/h3-7,11,13H,8-10H2,1-2H3. The maximum absolute atomic E-state index is 12.3. The number of hydrogen-bond donors (Lipinski definition) is 0. The van der Waals surface area contributed by atoms with Crippen molar-refractivity contribution >= 4 is 17.5 Å². The Labute approximate surface area is 113 Å². The molecule has 0 radical (unpaired) electrons. The number of hydrogen-bond acceptors (Lipinski definition) is 2. The molecule has 1 amide bonds. The van der Waals surface area contributed by atoms with Gasteiger partial charge in [0, 0.05) is 25.7 Å². The minimum absolute atomic E-state index is 0.0165. The van der Waals surface area contributed by atoms with Gasteiger partial charge in [-0.15, -0.1) is 11.6 Å². The highest BCUT2D eigenvalue weighted by atomic mass is 35.5. The van der Waals surface area contributed by atoms with Gasteiger partial charge in [0.1, 0.15) is 5.38 Å². The lowest BCUT2D eigenvalue weighted by molar-refractivity contribution is -0.133. The molecule has 2 rings (SSSR count). The van der Waals surface area contributed by atoms with Gasteiger partial charge in [0.25, 0.3) is 0 Å². The molecule has 1 saturated heterocycles. The van der Waals surface area contributed by atoms with Crippen molar-refractivity contribution in [3.05, 3.63) is 35.9 Å². The number of halogens is 1. The lowest BCUT2D eigenvalue weighted by atomic mass is 10.1. The summed E-state index contributed by atoms with van der Waals surface area (Å²) in [6, 6.07) is 9.93. The van der Waals surface area contributed by atoms with Crippen LogP contribution in [-0.4, -0.2) is 48.4 Å². The van der Waals surface area contributed by atoms with E-state index in [1.54, 1.807) is 0 Å². The smallest absolute Gasteiger partial charge is 0.245 e. The highest BCUT2D eigenvalue weighted by molar-refractivity contribution is 6.30. The Morgan fingerprint density at radius 3 is 2.61 bits per heavy atom. The average Bonchev–Trinajstić information content (AvgIpc) is 2.41. The summed E-state index contributed by atoms with van der Waals surface area (Å²) < 4.78 is 0. The molecule has 1 aliphatic heterocycles. The lowest BCUT2D eigenvalue weighted by Gasteiger charge is -2.38. The number of amides is 1. The maximum atomic E-state index is 12.3. The monoisotopic (exact) mass is 266 g/mol. The predicted octanol–water partition coefficient (Wildman–Crippen LogP) is 2.13. The summed E-state index contributed by atoms with van der Waals surface area (Å²) in [6.07, 6.45) is 0. The van der Waals surface area contributed by atoms with Gasteiger partial charge in [-0.3, -0.25) is 4.79 Å². The van der Waals surface area contributed by atoms with E-state index in [9.17, 15) is 4.79 Å². The minimum Gasteiger partial charge on any atom is -0.338 e. The number of rotatable bonds is 2. The van der Waals surface area contributed by atoms with Crippen molar-refractivity contribution in [1.29, 1.82) is 0 Å². The molecule has 1 aliphatic rings. The summed E-state index contributed by atoms with van der Waals surface area (Å²) in [5.74, 6) is 0.0165. The third-order valence-electron chi connectivity index (χ3n) is 3.58.